The summed E-state index contributed by atoms with van der Waals surface area (Å²) < 4.78 is 10.6. The summed E-state index contributed by atoms with van der Waals surface area (Å²) in [6.45, 7) is 2.08. The Hall–Kier alpha value is -3.49. The van der Waals surface area contributed by atoms with Crippen LogP contribution < -0.4 is 20.7 Å². The molecule has 0 saturated heterocycles. The van der Waals surface area contributed by atoms with Gasteiger partial charge in [0, 0.05) is 29.4 Å². The second kappa shape index (κ2) is 11.4. The zero-order valence-corrected chi connectivity index (χ0v) is 19.1. The molecule has 0 aliphatic heterocycles. The molecule has 0 aliphatic carbocycles. The first-order valence-electron chi connectivity index (χ1n) is 9.96. The minimum absolute atomic E-state index is 0.204. The van der Waals surface area contributed by atoms with E-state index >= 15 is 0 Å². The minimum atomic E-state index is -0.817. The lowest BCUT2D eigenvalue weighted by atomic mass is 10.2. The highest BCUT2D eigenvalue weighted by molar-refractivity contribution is 6.35. The van der Waals surface area contributed by atoms with E-state index in [-0.39, 0.29) is 36.6 Å². The van der Waals surface area contributed by atoms with Gasteiger partial charge in [-0.05, 0) is 61.5 Å². The van der Waals surface area contributed by atoms with Crippen molar-refractivity contribution < 1.29 is 23.5 Å². The van der Waals surface area contributed by atoms with Crippen LogP contribution in [-0.4, -0.2) is 36.9 Å². The molecule has 3 amide bonds. The van der Waals surface area contributed by atoms with Crippen molar-refractivity contribution >= 4 is 46.6 Å². The van der Waals surface area contributed by atoms with Crippen LogP contribution in [0.15, 0.2) is 65.3 Å². The molecule has 0 bridgehead atoms. The van der Waals surface area contributed by atoms with E-state index in [0.29, 0.717) is 27.0 Å². The van der Waals surface area contributed by atoms with E-state index in [1.54, 1.807) is 55.5 Å². The molecule has 0 radical (unpaired) electrons. The van der Waals surface area contributed by atoms with Gasteiger partial charge < -0.3 is 25.1 Å². The van der Waals surface area contributed by atoms with E-state index < -0.39 is 6.10 Å². The van der Waals surface area contributed by atoms with Gasteiger partial charge in [-0.15, -0.1) is 0 Å². The molecule has 10 heteroatoms. The number of carbonyl (C=O) groups excluding carboxylic acids is 3. The Kier molecular flexibility index (Phi) is 8.34. The van der Waals surface area contributed by atoms with Crippen molar-refractivity contribution in [3.05, 3.63) is 82.2 Å². The van der Waals surface area contributed by atoms with Crippen LogP contribution in [-0.2, 0) is 4.79 Å². The summed E-state index contributed by atoms with van der Waals surface area (Å²) in [5, 5.41) is 8.82. The number of amides is 3. The number of carbonyl (C=O) groups is 3. The number of rotatable bonds is 9. The van der Waals surface area contributed by atoms with Gasteiger partial charge in [-0.25, -0.2) is 0 Å². The fraction of sp³-hybridized carbons (Fsp3) is 0.174. The highest BCUT2D eigenvalue weighted by Gasteiger charge is 2.17. The van der Waals surface area contributed by atoms with Crippen molar-refractivity contribution in [1.82, 2.24) is 10.6 Å². The first-order chi connectivity index (χ1) is 15.8. The molecule has 33 heavy (non-hydrogen) atoms. The SMILES string of the molecule is CC(Oc1ccc(Cl)cc1Cl)C(=O)Nc1ccc(C(=O)NCCNC(=O)c2ccco2)cc1. The van der Waals surface area contributed by atoms with Crippen LogP contribution in [0.2, 0.25) is 10.0 Å². The van der Waals surface area contributed by atoms with Crippen LogP contribution in [0.4, 0.5) is 5.69 Å². The number of nitrogens with one attached hydrogen (secondary N) is 3. The normalized spacial score (nSPS) is 11.4. The average Bonchev–Trinajstić information content (AvgIpc) is 3.34. The maximum atomic E-state index is 12.4. The Morgan fingerprint density at radius 1 is 0.970 bits per heavy atom. The molecule has 1 atom stereocenters. The second-order valence-electron chi connectivity index (χ2n) is 6.89. The molecule has 0 saturated carbocycles. The van der Waals surface area contributed by atoms with E-state index in [4.69, 9.17) is 32.4 Å². The van der Waals surface area contributed by atoms with E-state index in [2.05, 4.69) is 16.0 Å². The van der Waals surface area contributed by atoms with Crippen LogP contribution in [0.25, 0.3) is 0 Å². The smallest absolute Gasteiger partial charge is 0.287 e. The number of hydrogen-bond acceptors (Lipinski definition) is 5. The van der Waals surface area contributed by atoms with Gasteiger partial charge in [0.05, 0.1) is 11.3 Å². The zero-order valence-electron chi connectivity index (χ0n) is 17.6. The van der Waals surface area contributed by atoms with Crippen LogP contribution in [0.3, 0.4) is 0 Å². The number of anilines is 1. The van der Waals surface area contributed by atoms with Crippen molar-refractivity contribution in [1.29, 1.82) is 0 Å². The highest BCUT2D eigenvalue weighted by atomic mass is 35.5. The van der Waals surface area contributed by atoms with Crippen molar-refractivity contribution in [2.24, 2.45) is 0 Å². The minimum Gasteiger partial charge on any atom is -0.479 e. The van der Waals surface area contributed by atoms with Gasteiger partial charge >= 0.3 is 0 Å². The molecule has 8 nitrogen and oxygen atoms in total. The fourth-order valence-corrected chi connectivity index (χ4v) is 3.17. The monoisotopic (exact) mass is 489 g/mol. The topological polar surface area (TPSA) is 110 Å². The molecule has 1 aromatic heterocycles. The maximum absolute atomic E-state index is 12.4. The lowest BCUT2D eigenvalue weighted by molar-refractivity contribution is -0.122. The molecule has 0 spiro atoms. The van der Waals surface area contributed by atoms with Crippen molar-refractivity contribution in [3.63, 3.8) is 0 Å². The molecular weight excluding hydrogens is 469 g/mol. The van der Waals surface area contributed by atoms with Crippen LogP contribution in [0, 0.1) is 0 Å². The predicted molar refractivity (Wildman–Crippen MR) is 125 cm³/mol. The van der Waals surface area contributed by atoms with Gasteiger partial charge in [0.25, 0.3) is 17.7 Å². The molecule has 0 fully saturated rings. The highest BCUT2D eigenvalue weighted by Crippen LogP contribution is 2.28. The Balaban J connectivity index is 1.44. The predicted octanol–water partition coefficient (Wildman–Crippen LogP) is 4.15. The van der Waals surface area contributed by atoms with Gasteiger partial charge in [-0.2, -0.15) is 0 Å². The molecular formula is C23H21Cl2N3O5. The third-order valence-electron chi connectivity index (χ3n) is 4.42. The summed E-state index contributed by atoms with van der Waals surface area (Å²) >= 11 is 11.9. The standard InChI is InChI=1S/C23H21Cl2N3O5/c1-14(33-19-9-6-16(24)13-18(19)25)21(29)28-17-7-4-15(5-8-17)22(30)26-10-11-27-23(31)20-3-2-12-32-20/h2-9,12-14H,10-11H2,1H3,(H,26,30)(H,27,31)(H,28,29). The van der Waals surface area contributed by atoms with Crippen LogP contribution >= 0.6 is 23.2 Å². The Bertz CT molecular complexity index is 1120. The number of ether oxygens (including phenoxy) is 1. The van der Waals surface area contributed by atoms with Gasteiger partial charge in [0.1, 0.15) is 5.75 Å². The lowest BCUT2D eigenvalue weighted by Gasteiger charge is -2.16. The maximum Gasteiger partial charge on any atom is 0.287 e. The summed E-state index contributed by atoms with van der Waals surface area (Å²) in [7, 11) is 0. The van der Waals surface area contributed by atoms with Gasteiger partial charge in [0.15, 0.2) is 11.9 Å². The van der Waals surface area contributed by atoms with Gasteiger partial charge in [-0.1, -0.05) is 23.2 Å². The number of halogens is 2. The van der Waals surface area contributed by atoms with Crippen molar-refractivity contribution in [2.75, 3.05) is 18.4 Å². The summed E-state index contributed by atoms with van der Waals surface area (Å²) in [4.78, 5) is 36.4. The lowest BCUT2D eigenvalue weighted by Crippen LogP contribution is -2.34. The Morgan fingerprint density at radius 3 is 2.30 bits per heavy atom. The summed E-state index contributed by atoms with van der Waals surface area (Å²) in [5.41, 5.74) is 0.905. The molecule has 3 aromatic rings. The summed E-state index contributed by atoms with van der Waals surface area (Å²) in [6.07, 6.45) is 0.592. The number of hydrogen-bond donors (Lipinski definition) is 3. The van der Waals surface area contributed by atoms with Gasteiger partial charge in [-0.3, -0.25) is 14.4 Å². The van der Waals surface area contributed by atoms with Gasteiger partial charge in [0.2, 0.25) is 0 Å². The van der Waals surface area contributed by atoms with Crippen LogP contribution in [0.1, 0.15) is 27.8 Å². The second-order valence-corrected chi connectivity index (χ2v) is 7.73. The molecule has 3 N–H and O–H groups in total. The molecule has 3 rings (SSSR count). The summed E-state index contributed by atoms with van der Waals surface area (Å²) in [5.74, 6) is -0.503. The van der Waals surface area contributed by atoms with E-state index in [9.17, 15) is 14.4 Å². The number of furan rings is 1. The third-order valence-corrected chi connectivity index (χ3v) is 4.95. The number of benzene rings is 2. The first-order valence-corrected chi connectivity index (χ1v) is 10.7. The molecule has 1 heterocycles. The third kappa shape index (κ3) is 7.00. The molecule has 172 valence electrons. The quantitative estimate of drug-likeness (QED) is 0.391. The Labute approximate surface area is 200 Å². The van der Waals surface area contributed by atoms with E-state index in [1.165, 1.54) is 12.3 Å². The van der Waals surface area contributed by atoms with Crippen molar-refractivity contribution in [3.8, 4) is 5.75 Å². The zero-order chi connectivity index (χ0) is 23.8. The first kappa shape index (κ1) is 24.2. The van der Waals surface area contributed by atoms with E-state index in [0.717, 1.165) is 0 Å². The largest absolute Gasteiger partial charge is 0.479 e. The van der Waals surface area contributed by atoms with Crippen LogP contribution in [0.5, 0.6) is 5.75 Å². The molecule has 1 unspecified atom stereocenters. The average molecular weight is 490 g/mol. The fourth-order valence-electron chi connectivity index (χ4n) is 2.71. The summed E-state index contributed by atoms with van der Waals surface area (Å²) in [6, 6.07) is 14.3. The molecule has 0 aliphatic rings. The Morgan fingerprint density at radius 2 is 1.67 bits per heavy atom. The van der Waals surface area contributed by atoms with E-state index in [1.807, 2.05) is 0 Å². The molecule has 2 aromatic carbocycles. The van der Waals surface area contributed by atoms with Crippen molar-refractivity contribution in [2.45, 2.75) is 13.0 Å².